The Morgan fingerprint density at radius 1 is 1.28 bits per heavy atom. The number of hydrazine groups is 1. The predicted molar refractivity (Wildman–Crippen MR) is 74.4 cm³/mol. The van der Waals surface area contributed by atoms with Crippen LogP contribution in [0.4, 0.5) is 0 Å². The van der Waals surface area contributed by atoms with Crippen LogP contribution in [0.25, 0.3) is 0 Å². The van der Waals surface area contributed by atoms with Crippen molar-refractivity contribution in [3.8, 4) is 0 Å². The van der Waals surface area contributed by atoms with Crippen LogP contribution in [0.3, 0.4) is 0 Å². The van der Waals surface area contributed by atoms with Crippen LogP contribution in [0.1, 0.15) is 27.7 Å². The first-order valence-corrected chi connectivity index (χ1v) is 6.42. The molecule has 0 aliphatic heterocycles. The van der Waals surface area contributed by atoms with Crippen LogP contribution in [0.5, 0.6) is 0 Å². The number of ether oxygens (including phenoxy) is 2. The summed E-state index contributed by atoms with van der Waals surface area (Å²) in [6.07, 6.45) is 0. The van der Waals surface area contributed by atoms with Crippen molar-refractivity contribution >= 4 is 5.96 Å². The lowest BCUT2D eigenvalue weighted by molar-refractivity contribution is 0.121. The fourth-order valence-electron chi connectivity index (χ4n) is 1.42. The fraction of sp³-hybridized carbons (Fsp3) is 0.917. The van der Waals surface area contributed by atoms with E-state index in [2.05, 4.69) is 29.6 Å². The van der Waals surface area contributed by atoms with Crippen molar-refractivity contribution in [3.63, 3.8) is 0 Å². The van der Waals surface area contributed by atoms with Crippen molar-refractivity contribution in [2.75, 3.05) is 26.9 Å². The highest BCUT2D eigenvalue weighted by atomic mass is 16.5. The molecule has 0 heterocycles. The van der Waals surface area contributed by atoms with Crippen LogP contribution >= 0.6 is 0 Å². The molecule has 0 fully saturated rings. The Morgan fingerprint density at radius 2 is 1.94 bits per heavy atom. The Kier molecular flexibility index (Phi) is 9.63. The molecule has 0 aliphatic rings. The molecular formula is C12H28N4O2. The fourth-order valence-corrected chi connectivity index (χ4v) is 1.42. The molecule has 0 saturated carbocycles. The molecule has 0 aromatic carbocycles. The smallest absolute Gasteiger partial charge is 0.206 e. The summed E-state index contributed by atoms with van der Waals surface area (Å²) >= 11 is 0. The molecule has 18 heavy (non-hydrogen) atoms. The van der Waals surface area contributed by atoms with Gasteiger partial charge in [-0.15, -0.1) is 0 Å². The number of nitrogens with zero attached hydrogens (tertiary/aromatic N) is 1. The first kappa shape index (κ1) is 17.2. The zero-order valence-corrected chi connectivity index (χ0v) is 12.2. The van der Waals surface area contributed by atoms with Gasteiger partial charge in [0.25, 0.3) is 0 Å². The second-order valence-electron chi connectivity index (χ2n) is 4.59. The van der Waals surface area contributed by atoms with Gasteiger partial charge in [0.15, 0.2) is 0 Å². The Labute approximate surface area is 110 Å². The molecule has 0 aromatic rings. The van der Waals surface area contributed by atoms with Crippen LogP contribution in [0.2, 0.25) is 0 Å². The number of nitrogens with one attached hydrogen (secondary N) is 2. The van der Waals surface area contributed by atoms with Crippen molar-refractivity contribution in [3.05, 3.63) is 0 Å². The van der Waals surface area contributed by atoms with Gasteiger partial charge in [0.1, 0.15) is 0 Å². The van der Waals surface area contributed by atoms with E-state index in [1.165, 1.54) is 0 Å². The van der Waals surface area contributed by atoms with Gasteiger partial charge in [0.05, 0.1) is 19.3 Å². The molecular weight excluding hydrogens is 232 g/mol. The molecule has 108 valence electrons. The molecule has 2 unspecified atom stereocenters. The molecule has 0 bridgehead atoms. The van der Waals surface area contributed by atoms with E-state index in [1.54, 1.807) is 7.11 Å². The normalized spacial score (nSPS) is 15.6. The third-order valence-electron chi connectivity index (χ3n) is 2.49. The predicted octanol–water partition coefficient (Wildman–Crippen LogP) is 0.491. The van der Waals surface area contributed by atoms with E-state index in [1.807, 2.05) is 13.8 Å². The minimum atomic E-state index is 0.0817. The number of nitrogens with two attached hydrogens (primary N) is 1. The molecule has 6 nitrogen and oxygen atoms in total. The van der Waals surface area contributed by atoms with Gasteiger partial charge >= 0.3 is 0 Å². The molecule has 6 heteroatoms. The Morgan fingerprint density at radius 3 is 2.39 bits per heavy atom. The number of guanidine groups is 1. The summed E-state index contributed by atoms with van der Waals surface area (Å²) in [7, 11) is 1.66. The van der Waals surface area contributed by atoms with Gasteiger partial charge in [-0.3, -0.25) is 5.43 Å². The van der Waals surface area contributed by atoms with Crippen LogP contribution < -0.4 is 16.6 Å². The average Bonchev–Trinajstić information content (AvgIpc) is 2.32. The van der Waals surface area contributed by atoms with Gasteiger partial charge in [-0.1, -0.05) is 13.8 Å². The van der Waals surface area contributed by atoms with E-state index < -0.39 is 0 Å². The summed E-state index contributed by atoms with van der Waals surface area (Å²) in [4.78, 5) is 4.54. The van der Waals surface area contributed by atoms with E-state index in [9.17, 15) is 0 Å². The SMILES string of the molecule is CCOCC(N=C(NN)NC(C)COC)C(C)C. The number of methoxy groups -OCH3 is 1. The van der Waals surface area contributed by atoms with Gasteiger partial charge in [0, 0.05) is 19.8 Å². The van der Waals surface area contributed by atoms with Crippen molar-refractivity contribution in [1.29, 1.82) is 0 Å². The van der Waals surface area contributed by atoms with Crippen molar-refractivity contribution in [2.45, 2.75) is 39.8 Å². The van der Waals surface area contributed by atoms with Crippen LogP contribution in [0, 0.1) is 5.92 Å². The number of hydrogen-bond acceptors (Lipinski definition) is 4. The molecule has 4 N–H and O–H groups in total. The summed E-state index contributed by atoms with van der Waals surface area (Å²) in [5.74, 6) is 6.43. The highest BCUT2D eigenvalue weighted by Crippen LogP contribution is 2.07. The molecule has 0 amide bonds. The Bertz CT molecular complexity index is 234. The lowest BCUT2D eigenvalue weighted by atomic mass is 10.1. The quantitative estimate of drug-likeness (QED) is 0.256. The lowest BCUT2D eigenvalue weighted by Gasteiger charge is -2.21. The Hall–Kier alpha value is -0.850. The number of rotatable bonds is 8. The lowest BCUT2D eigenvalue weighted by Crippen LogP contribution is -2.48. The average molecular weight is 260 g/mol. The largest absolute Gasteiger partial charge is 0.383 e. The van der Waals surface area contributed by atoms with Crippen LogP contribution in [-0.2, 0) is 9.47 Å². The minimum absolute atomic E-state index is 0.0817. The second-order valence-corrected chi connectivity index (χ2v) is 4.59. The van der Waals surface area contributed by atoms with Crippen molar-refractivity contribution in [1.82, 2.24) is 10.7 Å². The van der Waals surface area contributed by atoms with Gasteiger partial charge in [0.2, 0.25) is 5.96 Å². The number of aliphatic imine (C=N–C) groups is 1. The molecule has 0 spiro atoms. The molecule has 0 aliphatic carbocycles. The van der Waals surface area contributed by atoms with Crippen LogP contribution in [-0.4, -0.2) is 45.0 Å². The van der Waals surface area contributed by atoms with E-state index in [0.717, 1.165) is 0 Å². The standard InChI is InChI=1S/C12H28N4O2/c1-6-18-8-11(9(2)3)15-12(16-13)14-10(4)7-17-5/h9-11H,6-8,13H2,1-5H3,(H2,14,15,16). The van der Waals surface area contributed by atoms with Gasteiger partial charge in [-0.25, -0.2) is 10.8 Å². The van der Waals surface area contributed by atoms with Gasteiger partial charge in [-0.05, 0) is 19.8 Å². The zero-order valence-electron chi connectivity index (χ0n) is 12.2. The third kappa shape index (κ3) is 7.47. The highest BCUT2D eigenvalue weighted by Gasteiger charge is 2.14. The summed E-state index contributed by atoms with van der Waals surface area (Å²) in [6, 6.07) is 0.225. The molecule has 0 rings (SSSR count). The molecule has 2 atom stereocenters. The molecule has 0 saturated heterocycles. The van der Waals surface area contributed by atoms with Crippen LogP contribution in [0.15, 0.2) is 4.99 Å². The highest BCUT2D eigenvalue weighted by molar-refractivity contribution is 5.79. The molecule has 0 aromatic heterocycles. The number of hydrogen-bond donors (Lipinski definition) is 3. The monoisotopic (exact) mass is 260 g/mol. The van der Waals surface area contributed by atoms with Gasteiger partial charge in [-0.2, -0.15) is 0 Å². The maximum Gasteiger partial charge on any atom is 0.206 e. The summed E-state index contributed by atoms with van der Waals surface area (Å²) in [5.41, 5.74) is 2.58. The van der Waals surface area contributed by atoms with E-state index in [-0.39, 0.29) is 12.1 Å². The van der Waals surface area contributed by atoms with E-state index in [4.69, 9.17) is 15.3 Å². The summed E-state index contributed by atoms with van der Waals surface area (Å²) in [5, 5.41) is 3.16. The minimum Gasteiger partial charge on any atom is -0.383 e. The summed E-state index contributed by atoms with van der Waals surface area (Å²) < 4.78 is 10.5. The van der Waals surface area contributed by atoms with E-state index >= 15 is 0 Å². The zero-order chi connectivity index (χ0) is 14.0. The third-order valence-corrected chi connectivity index (χ3v) is 2.49. The molecule has 0 radical (unpaired) electrons. The first-order valence-electron chi connectivity index (χ1n) is 6.42. The summed E-state index contributed by atoms with van der Waals surface area (Å²) in [6.45, 7) is 10.1. The van der Waals surface area contributed by atoms with E-state index in [0.29, 0.717) is 31.7 Å². The van der Waals surface area contributed by atoms with Gasteiger partial charge < -0.3 is 14.8 Å². The first-order chi connectivity index (χ1) is 8.54. The maximum atomic E-state index is 5.47. The second kappa shape index (κ2) is 10.1. The Balaban J connectivity index is 4.49. The van der Waals surface area contributed by atoms with Crippen molar-refractivity contribution in [2.24, 2.45) is 16.8 Å². The van der Waals surface area contributed by atoms with Crippen molar-refractivity contribution < 1.29 is 9.47 Å². The topological polar surface area (TPSA) is 80.9 Å². The maximum absolute atomic E-state index is 5.47.